The number of halogens is 6. The van der Waals surface area contributed by atoms with E-state index in [1.54, 1.807) is 39.7 Å². The molecule has 0 N–H and O–H groups in total. The van der Waals surface area contributed by atoms with Crippen molar-refractivity contribution >= 4 is 46.1 Å². The molecular weight excluding hydrogens is 582 g/mol. The van der Waals surface area contributed by atoms with Gasteiger partial charge in [0.25, 0.3) is 0 Å². The smallest absolute Gasteiger partial charge is 0.248 e. The molecule has 0 unspecified atom stereocenters. The maximum Gasteiger partial charge on any atom is 0.400 e. The number of aromatic nitrogens is 7. The lowest BCUT2D eigenvalue weighted by molar-refractivity contribution is -0.160. The summed E-state index contributed by atoms with van der Waals surface area (Å²) in [6.07, 6.45) is -1.50. The summed E-state index contributed by atoms with van der Waals surface area (Å²) in [4.78, 5) is 4.02. The zero-order valence-electron chi connectivity index (χ0n) is 19.1. The molecule has 0 amide bonds. The average Bonchev–Trinajstić information content (AvgIpc) is 3.19. The topological polar surface area (TPSA) is 74.3 Å². The highest BCUT2D eigenvalue weighted by atomic mass is 35.5. The van der Waals surface area contributed by atoms with Crippen LogP contribution in [-0.2, 0) is 12.0 Å². The van der Waals surface area contributed by atoms with Gasteiger partial charge in [0.1, 0.15) is 28.8 Å². The largest absolute Gasteiger partial charge is 0.400 e. The summed E-state index contributed by atoms with van der Waals surface area (Å²) in [7, 11) is 0. The van der Waals surface area contributed by atoms with E-state index in [1.165, 1.54) is 12.7 Å². The number of hydrogen-bond acceptors (Lipinski definition) is 6. The highest BCUT2D eigenvalue weighted by Gasteiger charge is 2.66. The fraction of sp³-hybridized carbons (Fsp3) is 0.208. The van der Waals surface area contributed by atoms with Crippen LogP contribution in [0.4, 0.5) is 13.2 Å². The third-order valence-corrected chi connectivity index (χ3v) is 8.28. The quantitative estimate of drug-likeness (QED) is 0.206. The molecule has 194 valence electrons. The zero-order valence-corrected chi connectivity index (χ0v) is 22.2. The van der Waals surface area contributed by atoms with Crippen molar-refractivity contribution in [2.24, 2.45) is 0 Å². The van der Waals surface area contributed by atoms with E-state index >= 15 is 0 Å². The molecule has 7 nitrogen and oxygen atoms in total. The first-order valence-corrected chi connectivity index (χ1v) is 13.2. The second kappa shape index (κ2) is 9.33. The van der Waals surface area contributed by atoms with E-state index in [0.717, 1.165) is 16.9 Å². The van der Waals surface area contributed by atoms with Crippen LogP contribution in [0.1, 0.15) is 23.4 Å². The Balaban J connectivity index is 1.59. The summed E-state index contributed by atoms with van der Waals surface area (Å²) in [5, 5.41) is 18.7. The van der Waals surface area contributed by atoms with Crippen LogP contribution in [0.3, 0.4) is 0 Å². The minimum absolute atomic E-state index is 0.0121. The summed E-state index contributed by atoms with van der Waals surface area (Å²) in [5.74, 6) is 0. The second-order valence-electron chi connectivity index (χ2n) is 8.78. The van der Waals surface area contributed by atoms with E-state index in [-0.39, 0.29) is 29.4 Å². The summed E-state index contributed by atoms with van der Waals surface area (Å²) < 4.78 is 44.6. The lowest BCUT2D eigenvalue weighted by Crippen LogP contribution is -2.28. The normalized spacial score (nSPS) is 14.7. The first-order chi connectivity index (χ1) is 18.2. The average molecular weight is 597 g/mol. The van der Waals surface area contributed by atoms with Gasteiger partial charge in [-0.15, -0.1) is 10.2 Å². The molecule has 1 aliphatic rings. The third-order valence-electron chi connectivity index (χ3n) is 6.36. The van der Waals surface area contributed by atoms with E-state index in [1.807, 2.05) is 12.1 Å². The SMILES string of the molecule is FC(F)(F)C1(c2nnc(-c3nn(-c4ccc(Cl)cc4Cl)c(-c4ccc(Cl)cc4)c3Cn3cncn3)s2)CC1. The molecule has 5 aromatic rings. The van der Waals surface area contributed by atoms with E-state index in [0.29, 0.717) is 37.7 Å². The molecule has 0 atom stereocenters. The Morgan fingerprint density at radius 3 is 2.34 bits per heavy atom. The Kier molecular flexibility index (Phi) is 6.21. The molecule has 3 heterocycles. The second-order valence-corrected chi connectivity index (χ2v) is 11.0. The van der Waals surface area contributed by atoms with Gasteiger partial charge in [-0.3, -0.25) is 0 Å². The van der Waals surface area contributed by atoms with Gasteiger partial charge in [0, 0.05) is 21.2 Å². The van der Waals surface area contributed by atoms with Gasteiger partial charge < -0.3 is 0 Å². The number of benzene rings is 2. The highest BCUT2D eigenvalue weighted by molar-refractivity contribution is 7.14. The van der Waals surface area contributed by atoms with Crippen LogP contribution in [0.5, 0.6) is 0 Å². The van der Waals surface area contributed by atoms with Gasteiger partial charge in [0.05, 0.1) is 22.9 Å². The Morgan fingerprint density at radius 1 is 0.974 bits per heavy atom. The van der Waals surface area contributed by atoms with Crippen molar-refractivity contribution in [1.29, 1.82) is 0 Å². The lowest BCUT2D eigenvalue weighted by Gasteiger charge is -2.15. The molecule has 0 spiro atoms. The Labute approximate surface area is 232 Å². The molecule has 0 saturated heterocycles. The summed E-state index contributed by atoms with van der Waals surface area (Å²) in [5.41, 5.74) is 0.946. The minimum Gasteiger partial charge on any atom is -0.248 e. The molecule has 6 rings (SSSR count). The maximum absolute atomic E-state index is 13.8. The first kappa shape index (κ1) is 25.3. The number of rotatable bonds is 6. The Bertz CT molecular complexity index is 1630. The summed E-state index contributed by atoms with van der Waals surface area (Å²) in [6.45, 7) is 0.206. The van der Waals surface area contributed by atoms with Gasteiger partial charge in [-0.05, 0) is 43.2 Å². The van der Waals surface area contributed by atoms with Crippen molar-refractivity contribution in [3.63, 3.8) is 0 Å². The van der Waals surface area contributed by atoms with Gasteiger partial charge in [-0.25, -0.2) is 14.3 Å². The van der Waals surface area contributed by atoms with E-state index in [9.17, 15) is 13.2 Å². The highest BCUT2D eigenvalue weighted by Crippen LogP contribution is 2.59. The predicted molar refractivity (Wildman–Crippen MR) is 139 cm³/mol. The molecule has 0 radical (unpaired) electrons. The Hall–Kier alpha value is -2.99. The van der Waals surface area contributed by atoms with Crippen LogP contribution in [0.2, 0.25) is 15.1 Å². The van der Waals surface area contributed by atoms with E-state index in [2.05, 4.69) is 20.3 Å². The van der Waals surface area contributed by atoms with Crippen molar-refractivity contribution in [2.45, 2.75) is 31.0 Å². The van der Waals surface area contributed by atoms with Crippen LogP contribution >= 0.6 is 46.1 Å². The van der Waals surface area contributed by atoms with Crippen LogP contribution in [0.15, 0.2) is 55.1 Å². The van der Waals surface area contributed by atoms with Gasteiger partial charge >= 0.3 is 6.18 Å². The molecule has 1 saturated carbocycles. The molecule has 1 aliphatic carbocycles. The van der Waals surface area contributed by atoms with Crippen molar-refractivity contribution in [1.82, 2.24) is 34.7 Å². The minimum atomic E-state index is -4.40. The summed E-state index contributed by atoms with van der Waals surface area (Å²) >= 11 is 19.8. The van der Waals surface area contributed by atoms with Crippen LogP contribution in [-0.4, -0.2) is 40.9 Å². The van der Waals surface area contributed by atoms with Gasteiger partial charge in [-0.2, -0.15) is 23.4 Å². The van der Waals surface area contributed by atoms with Crippen molar-refractivity contribution in [3.05, 3.63) is 80.8 Å². The van der Waals surface area contributed by atoms with Crippen LogP contribution in [0.25, 0.3) is 27.6 Å². The van der Waals surface area contributed by atoms with Gasteiger partial charge in [0.2, 0.25) is 0 Å². The molecule has 14 heteroatoms. The number of alkyl halides is 3. The predicted octanol–water partition coefficient (Wildman–Crippen LogP) is 7.25. The molecular formula is C24H15Cl3F3N7S. The van der Waals surface area contributed by atoms with Crippen LogP contribution < -0.4 is 0 Å². The summed E-state index contributed by atoms with van der Waals surface area (Å²) in [6, 6.07) is 12.1. The molecule has 0 aliphatic heterocycles. The maximum atomic E-state index is 13.8. The molecule has 38 heavy (non-hydrogen) atoms. The lowest BCUT2D eigenvalue weighted by atomic mass is 10.1. The monoisotopic (exact) mass is 595 g/mol. The number of hydrogen-bond donors (Lipinski definition) is 0. The zero-order chi connectivity index (χ0) is 26.7. The van der Waals surface area contributed by atoms with Crippen LogP contribution in [0, 0.1) is 0 Å². The van der Waals surface area contributed by atoms with Crippen molar-refractivity contribution in [2.75, 3.05) is 0 Å². The standard InChI is InChI=1S/C24H15Cl3F3N7S/c25-14-3-1-13(2-4-14)20-16(10-36-12-31-11-32-36)19(35-37(20)18-6-5-15(26)9-17(18)27)21-33-34-22(38-21)23(7-8-23)24(28,29)30/h1-6,9,11-12H,7-8,10H2. The van der Waals surface area contributed by atoms with Crippen molar-refractivity contribution in [3.8, 4) is 27.6 Å². The fourth-order valence-corrected chi connectivity index (χ4v) is 5.97. The molecule has 1 fully saturated rings. The van der Waals surface area contributed by atoms with Gasteiger partial charge in [0.15, 0.2) is 5.01 Å². The van der Waals surface area contributed by atoms with E-state index < -0.39 is 11.6 Å². The van der Waals surface area contributed by atoms with Gasteiger partial charge in [-0.1, -0.05) is 58.3 Å². The molecule has 0 bridgehead atoms. The third kappa shape index (κ3) is 4.37. The first-order valence-electron chi connectivity index (χ1n) is 11.2. The van der Waals surface area contributed by atoms with E-state index in [4.69, 9.17) is 39.9 Å². The fourth-order valence-electron chi connectivity index (χ4n) is 4.24. The Morgan fingerprint density at radius 2 is 1.71 bits per heavy atom. The molecule has 3 aromatic heterocycles. The van der Waals surface area contributed by atoms with Crippen molar-refractivity contribution < 1.29 is 13.2 Å². The molecule has 2 aromatic carbocycles. The number of nitrogens with zero attached hydrogens (tertiary/aromatic N) is 7.